The van der Waals surface area contributed by atoms with Crippen molar-refractivity contribution in [2.45, 2.75) is 51.2 Å². The van der Waals surface area contributed by atoms with Crippen LogP contribution in [-0.2, 0) is 0 Å². The monoisotopic (exact) mass is 312 g/mol. The molecule has 1 fully saturated rings. The predicted octanol–water partition coefficient (Wildman–Crippen LogP) is 4.19. The standard InChI is InChI=1S/C15H24N2OS2/c1-5-11(2)13-12(10-18)20-14(16-13)17-7-6-15(3,4)19-9-8-17/h10-11H,5-9H2,1-4H3. The molecule has 20 heavy (non-hydrogen) atoms. The predicted molar refractivity (Wildman–Crippen MR) is 89.6 cm³/mol. The number of aldehydes is 1. The normalized spacial score (nSPS) is 20.5. The van der Waals surface area contributed by atoms with Crippen LogP contribution < -0.4 is 4.90 Å². The molecule has 0 amide bonds. The molecule has 1 saturated heterocycles. The van der Waals surface area contributed by atoms with Gasteiger partial charge in [-0.2, -0.15) is 11.8 Å². The molecule has 2 heterocycles. The molecule has 0 spiro atoms. The van der Waals surface area contributed by atoms with E-state index in [0.29, 0.717) is 10.7 Å². The fourth-order valence-corrected chi connectivity index (χ4v) is 4.46. The van der Waals surface area contributed by atoms with E-state index in [9.17, 15) is 4.79 Å². The van der Waals surface area contributed by atoms with Crippen molar-refractivity contribution in [2.75, 3.05) is 23.7 Å². The first-order valence-corrected chi connectivity index (χ1v) is 9.12. The van der Waals surface area contributed by atoms with Gasteiger partial charge in [-0.3, -0.25) is 4.79 Å². The summed E-state index contributed by atoms with van der Waals surface area (Å²) in [6, 6.07) is 0. The Morgan fingerprint density at radius 1 is 1.45 bits per heavy atom. The number of nitrogens with zero attached hydrogens (tertiary/aromatic N) is 2. The fourth-order valence-electron chi connectivity index (χ4n) is 2.31. The second kappa shape index (κ2) is 6.48. The molecule has 0 aromatic carbocycles. The highest BCUT2D eigenvalue weighted by Gasteiger charge is 2.26. The van der Waals surface area contributed by atoms with Gasteiger partial charge in [0.2, 0.25) is 0 Å². The van der Waals surface area contributed by atoms with E-state index in [4.69, 9.17) is 4.98 Å². The summed E-state index contributed by atoms with van der Waals surface area (Å²) in [6.45, 7) is 11.0. The maximum Gasteiger partial charge on any atom is 0.186 e. The highest BCUT2D eigenvalue weighted by Crippen LogP contribution is 2.35. The van der Waals surface area contributed by atoms with Gasteiger partial charge >= 0.3 is 0 Å². The maximum atomic E-state index is 11.3. The molecule has 1 unspecified atom stereocenters. The Bertz CT molecular complexity index is 470. The van der Waals surface area contributed by atoms with E-state index in [0.717, 1.165) is 53.7 Å². The zero-order valence-corrected chi connectivity index (χ0v) is 14.4. The van der Waals surface area contributed by atoms with Gasteiger partial charge in [0, 0.05) is 23.6 Å². The fraction of sp³-hybridized carbons (Fsp3) is 0.733. The van der Waals surface area contributed by atoms with Gasteiger partial charge in [0.05, 0.1) is 10.6 Å². The number of carbonyl (C=O) groups is 1. The molecular formula is C15H24N2OS2. The first kappa shape index (κ1) is 15.8. The summed E-state index contributed by atoms with van der Waals surface area (Å²) < 4.78 is 0.346. The summed E-state index contributed by atoms with van der Waals surface area (Å²) in [4.78, 5) is 19.2. The number of hydrogen-bond acceptors (Lipinski definition) is 5. The Morgan fingerprint density at radius 3 is 2.85 bits per heavy atom. The van der Waals surface area contributed by atoms with Crippen LogP contribution in [0.2, 0.25) is 0 Å². The van der Waals surface area contributed by atoms with E-state index in [1.165, 1.54) is 0 Å². The lowest BCUT2D eigenvalue weighted by atomic mass is 10.0. The minimum Gasteiger partial charge on any atom is -0.347 e. The number of rotatable bonds is 4. The number of thioether (sulfide) groups is 1. The van der Waals surface area contributed by atoms with Crippen molar-refractivity contribution < 1.29 is 4.79 Å². The van der Waals surface area contributed by atoms with E-state index in [-0.39, 0.29) is 0 Å². The van der Waals surface area contributed by atoms with Crippen molar-refractivity contribution in [3.05, 3.63) is 10.6 Å². The van der Waals surface area contributed by atoms with Crippen molar-refractivity contribution in [2.24, 2.45) is 0 Å². The van der Waals surface area contributed by atoms with E-state index in [1.807, 2.05) is 11.8 Å². The number of anilines is 1. The summed E-state index contributed by atoms with van der Waals surface area (Å²) in [5.41, 5.74) is 0.985. The van der Waals surface area contributed by atoms with Gasteiger partial charge in [-0.05, 0) is 18.8 Å². The molecule has 0 bridgehead atoms. The molecule has 0 N–H and O–H groups in total. The topological polar surface area (TPSA) is 33.2 Å². The largest absolute Gasteiger partial charge is 0.347 e. The first-order valence-electron chi connectivity index (χ1n) is 7.31. The molecule has 5 heteroatoms. The lowest BCUT2D eigenvalue weighted by Gasteiger charge is -2.22. The minimum absolute atomic E-state index is 0.346. The summed E-state index contributed by atoms with van der Waals surface area (Å²) in [5, 5.41) is 1.03. The molecule has 3 nitrogen and oxygen atoms in total. The summed E-state index contributed by atoms with van der Waals surface area (Å²) in [5.74, 6) is 1.49. The minimum atomic E-state index is 0.346. The first-order chi connectivity index (χ1) is 9.46. The number of carbonyl (C=O) groups excluding carboxylic acids is 1. The molecule has 112 valence electrons. The average molecular weight is 313 g/mol. The number of aromatic nitrogens is 1. The second-order valence-electron chi connectivity index (χ2n) is 6.02. The number of hydrogen-bond donors (Lipinski definition) is 0. The van der Waals surface area contributed by atoms with Crippen molar-refractivity contribution in [1.29, 1.82) is 0 Å². The van der Waals surface area contributed by atoms with Crippen LogP contribution in [0.4, 0.5) is 5.13 Å². The Hall–Kier alpha value is -0.550. The molecule has 1 aromatic rings. The Balaban J connectivity index is 2.20. The second-order valence-corrected chi connectivity index (χ2v) is 8.83. The Labute approximate surface area is 130 Å². The smallest absolute Gasteiger partial charge is 0.186 e. The van der Waals surface area contributed by atoms with Gasteiger partial charge < -0.3 is 4.90 Å². The van der Waals surface area contributed by atoms with E-state index in [1.54, 1.807) is 11.3 Å². The summed E-state index contributed by atoms with van der Waals surface area (Å²) in [7, 11) is 0. The van der Waals surface area contributed by atoms with E-state index >= 15 is 0 Å². The molecule has 1 aliphatic rings. The van der Waals surface area contributed by atoms with Crippen molar-refractivity contribution >= 4 is 34.5 Å². The lowest BCUT2D eigenvalue weighted by Crippen LogP contribution is -2.26. The van der Waals surface area contributed by atoms with Crippen LogP contribution in [0.15, 0.2) is 0 Å². The van der Waals surface area contributed by atoms with Gasteiger partial charge in [-0.25, -0.2) is 4.98 Å². The summed E-state index contributed by atoms with van der Waals surface area (Å²) in [6.07, 6.45) is 3.15. The van der Waals surface area contributed by atoms with Crippen molar-refractivity contribution in [1.82, 2.24) is 4.98 Å². The highest BCUT2D eigenvalue weighted by molar-refractivity contribution is 8.00. The molecule has 1 aromatic heterocycles. The Morgan fingerprint density at radius 2 is 2.20 bits per heavy atom. The zero-order chi connectivity index (χ0) is 14.8. The molecule has 0 radical (unpaired) electrons. The molecule has 1 aliphatic heterocycles. The number of thiazole rings is 1. The van der Waals surface area contributed by atoms with Gasteiger partial charge in [0.1, 0.15) is 0 Å². The van der Waals surface area contributed by atoms with Crippen LogP contribution >= 0.6 is 23.1 Å². The van der Waals surface area contributed by atoms with Gasteiger partial charge in [-0.1, -0.05) is 39.0 Å². The van der Waals surface area contributed by atoms with E-state index < -0.39 is 0 Å². The zero-order valence-electron chi connectivity index (χ0n) is 12.8. The Kier molecular flexibility index (Phi) is 5.13. The van der Waals surface area contributed by atoms with Crippen LogP contribution in [-0.4, -0.2) is 34.9 Å². The van der Waals surface area contributed by atoms with Crippen LogP contribution in [0.5, 0.6) is 0 Å². The van der Waals surface area contributed by atoms with Crippen LogP contribution in [0.1, 0.15) is 61.8 Å². The van der Waals surface area contributed by atoms with Gasteiger partial charge in [0.15, 0.2) is 11.4 Å². The van der Waals surface area contributed by atoms with Gasteiger partial charge in [0.25, 0.3) is 0 Å². The molecule has 2 rings (SSSR count). The maximum absolute atomic E-state index is 11.3. The van der Waals surface area contributed by atoms with Crippen LogP contribution in [0, 0.1) is 0 Å². The molecular weight excluding hydrogens is 288 g/mol. The van der Waals surface area contributed by atoms with Crippen molar-refractivity contribution in [3.8, 4) is 0 Å². The third-order valence-corrected chi connectivity index (χ3v) is 6.39. The van der Waals surface area contributed by atoms with Crippen molar-refractivity contribution in [3.63, 3.8) is 0 Å². The molecule has 0 aliphatic carbocycles. The van der Waals surface area contributed by atoms with Crippen LogP contribution in [0.3, 0.4) is 0 Å². The molecule has 0 saturated carbocycles. The SMILES string of the molecule is CCC(C)c1nc(N2CCSC(C)(C)CC2)sc1C=O. The van der Waals surface area contributed by atoms with Crippen LogP contribution in [0.25, 0.3) is 0 Å². The molecule has 1 atom stereocenters. The highest BCUT2D eigenvalue weighted by atomic mass is 32.2. The summed E-state index contributed by atoms with van der Waals surface area (Å²) >= 11 is 3.59. The third kappa shape index (κ3) is 3.55. The quantitative estimate of drug-likeness (QED) is 0.781. The lowest BCUT2D eigenvalue weighted by molar-refractivity contribution is 0.112. The average Bonchev–Trinajstić information content (AvgIpc) is 2.77. The van der Waals surface area contributed by atoms with Gasteiger partial charge in [-0.15, -0.1) is 0 Å². The van der Waals surface area contributed by atoms with E-state index in [2.05, 4.69) is 32.6 Å². The third-order valence-electron chi connectivity index (χ3n) is 3.96.